The number of fused-ring (bicyclic) bond motifs is 2. The lowest BCUT2D eigenvalue weighted by Crippen LogP contribution is -2.63. The van der Waals surface area contributed by atoms with E-state index in [1.54, 1.807) is 6.92 Å². The topological polar surface area (TPSA) is 29.5 Å². The van der Waals surface area contributed by atoms with E-state index in [0.29, 0.717) is 0 Å². The monoisotopic (exact) mass is 278 g/mol. The predicted octanol–water partition coefficient (Wildman–Crippen LogP) is 2.66. The summed E-state index contributed by atoms with van der Waals surface area (Å²) < 4.78 is 81.0. The highest BCUT2D eigenvalue weighted by Gasteiger charge is 2.76. The summed E-state index contributed by atoms with van der Waals surface area (Å²) in [5, 5.41) is 9.26. The van der Waals surface area contributed by atoms with Crippen LogP contribution in [0.4, 0.5) is 26.3 Å². The van der Waals surface area contributed by atoms with E-state index in [-0.39, 0.29) is 12.3 Å². The van der Waals surface area contributed by atoms with Gasteiger partial charge in [-0.25, -0.2) is 0 Å². The lowest BCUT2D eigenvalue weighted by atomic mass is 9.73. The van der Waals surface area contributed by atoms with E-state index < -0.39 is 42.5 Å². The standard InChI is InChI=1S/C10H12F6O2/c1-4-2-7-5(3-6(4)18-7)8(17,9(11,12)13)10(14,15)16/h4-7,17H,2-3H2,1H3/t4-,5?,6?,7?/m1/s1. The number of rotatable bonds is 1. The van der Waals surface area contributed by atoms with E-state index in [2.05, 4.69) is 0 Å². The third-order valence-corrected chi connectivity index (χ3v) is 3.92. The molecule has 1 N–H and O–H groups in total. The zero-order chi connectivity index (χ0) is 13.9. The van der Waals surface area contributed by atoms with Gasteiger partial charge in [-0.05, 0) is 18.8 Å². The lowest BCUT2D eigenvalue weighted by molar-refractivity contribution is -0.388. The van der Waals surface area contributed by atoms with Crippen LogP contribution in [0.5, 0.6) is 0 Å². The Bertz CT molecular complexity index is 320. The molecule has 8 heteroatoms. The first-order valence-electron chi connectivity index (χ1n) is 5.49. The SMILES string of the molecule is C[C@@H]1CC2OC1CC2C(O)(C(F)(F)F)C(F)(F)F. The molecule has 0 spiro atoms. The normalized spacial score (nSPS) is 37.3. The zero-order valence-electron chi connectivity index (χ0n) is 9.35. The second kappa shape index (κ2) is 3.75. The Labute approximate surface area is 98.9 Å². The van der Waals surface area contributed by atoms with Crippen molar-refractivity contribution in [1.29, 1.82) is 0 Å². The molecule has 4 atom stereocenters. The number of hydrogen-bond acceptors (Lipinski definition) is 2. The van der Waals surface area contributed by atoms with Crippen LogP contribution in [0.3, 0.4) is 0 Å². The summed E-state index contributed by atoms with van der Waals surface area (Å²) in [4.78, 5) is 0. The fourth-order valence-corrected chi connectivity index (χ4v) is 2.90. The smallest absolute Gasteiger partial charge is 0.374 e. The van der Waals surface area contributed by atoms with Crippen LogP contribution in [-0.2, 0) is 4.74 Å². The van der Waals surface area contributed by atoms with Crippen molar-refractivity contribution in [3.05, 3.63) is 0 Å². The third-order valence-electron chi connectivity index (χ3n) is 3.92. The van der Waals surface area contributed by atoms with Gasteiger partial charge in [0.05, 0.1) is 12.2 Å². The largest absolute Gasteiger partial charge is 0.426 e. The summed E-state index contributed by atoms with van der Waals surface area (Å²) in [5.74, 6) is -2.05. The molecule has 0 aromatic carbocycles. The van der Waals surface area contributed by atoms with Gasteiger partial charge in [-0.15, -0.1) is 0 Å². The molecule has 0 saturated carbocycles. The molecule has 0 radical (unpaired) electrons. The molecular formula is C10H12F6O2. The number of aliphatic hydroxyl groups is 1. The average molecular weight is 278 g/mol. The summed E-state index contributed by atoms with van der Waals surface area (Å²) in [6.07, 6.45) is -13.6. The van der Waals surface area contributed by atoms with Crippen LogP contribution in [0.1, 0.15) is 19.8 Å². The Hall–Kier alpha value is -0.500. The van der Waals surface area contributed by atoms with Crippen molar-refractivity contribution in [3.8, 4) is 0 Å². The quantitative estimate of drug-likeness (QED) is 0.747. The van der Waals surface area contributed by atoms with E-state index in [4.69, 9.17) is 4.74 Å². The van der Waals surface area contributed by atoms with Gasteiger partial charge in [0.15, 0.2) is 0 Å². The maximum absolute atomic E-state index is 12.6. The Balaban J connectivity index is 2.34. The van der Waals surface area contributed by atoms with Crippen molar-refractivity contribution in [3.63, 3.8) is 0 Å². The van der Waals surface area contributed by atoms with Crippen LogP contribution in [0, 0.1) is 11.8 Å². The summed E-state index contributed by atoms with van der Waals surface area (Å²) in [6.45, 7) is 1.71. The summed E-state index contributed by atoms with van der Waals surface area (Å²) >= 11 is 0. The van der Waals surface area contributed by atoms with Gasteiger partial charge >= 0.3 is 12.4 Å². The molecule has 0 aliphatic carbocycles. The van der Waals surface area contributed by atoms with Gasteiger partial charge in [0, 0.05) is 5.92 Å². The van der Waals surface area contributed by atoms with Crippen LogP contribution >= 0.6 is 0 Å². The molecule has 2 aliphatic rings. The van der Waals surface area contributed by atoms with E-state index in [9.17, 15) is 31.4 Å². The van der Waals surface area contributed by atoms with Gasteiger partial charge in [0.2, 0.25) is 0 Å². The first kappa shape index (κ1) is 13.9. The minimum Gasteiger partial charge on any atom is -0.374 e. The second-order valence-electron chi connectivity index (χ2n) is 5.03. The molecule has 2 bridgehead atoms. The molecule has 3 unspecified atom stereocenters. The highest BCUT2D eigenvalue weighted by molar-refractivity contribution is 5.08. The van der Waals surface area contributed by atoms with Crippen molar-refractivity contribution < 1.29 is 36.2 Å². The molecule has 2 heterocycles. The number of alkyl halides is 6. The van der Waals surface area contributed by atoms with Crippen molar-refractivity contribution in [2.75, 3.05) is 0 Å². The maximum atomic E-state index is 12.6. The van der Waals surface area contributed by atoms with Gasteiger partial charge in [0.25, 0.3) is 5.60 Å². The first-order valence-corrected chi connectivity index (χ1v) is 5.49. The second-order valence-corrected chi connectivity index (χ2v) is 5.03. The molecule has 2 rings (SSSR count). The third kappa shape index (κ3) is 1.72. The Morgan fingerprint density at radius 2 is 1.44 bits per heavy atom. The van der Waals surface area contributed by atoms with Crippen LogP contribution in [0.2, 0.25) is 0 Å². The van der Waals surface area contributed by atoms with Gasteiger partial charge in [-0.3, -0.25) is 0 Å². The van der Waals surface area contributed by atoms with E-state index in [1.165, 1.54) is 0 Å². The summed E-state index contributed by atoms with van der Waals surface area (Å²) in [7, 11) is 0. The molecule has 2 nitrogen and oxygen atoms in total. The molecule has 18 heavy (non-hydrogen) atoms. The predicted molar refractivity (Wildman–Crippen MR) is 47.6 cm³/mol. The number of ether oxygens (including phenoxy) is 1. The molecule has 2 saturated heterocycles. The van der Waals surface area contributed by atoms with Gasteiger partial charge in [0.1, 0.15) is 0 Å². The average Bonchev–Trinajstić information content (AvgIpc) is 2.70. The fourth-order valence-electron chi connectivity index (χ4n) is 2.90. The molecule has 0 aromatic rings. The zero-order valence-corrected chi connectivity index (χ0v) is 9.35. The molecule has 0 amide bonds. The van der Waals surface area contributed by atoms with Gasteiger partial charge in [-0.1, -0.05) is 6.92 Å². The summed E-state index contributed by atoms with van der Waals surface area (Å²) in [5.41, 5.74) is -4.68. The van der Waals surface area contributed by atoms with Crippen LogP contribution in [-0.4, -0.2) is 35.3 Å². The molecule has 2 aliphatic heterocycles. The Kier molecular flexibility index (Phi) is 2.90. The van der Waals surface area contributed by atoms with Crippen molar-refractivity contribution in [1.82, 2.24) is 0 Å². The fraction of sp³-hybridized carbons (Fsp3) is 1.00. The van der Waals surface area contributed by atoms with E-state index in [1.807, 2.05) is 0 Å². The van der Waals surface area contributed by atoms with Crippen molar-refractivity contribution >= 4 is 0 Å². The minimum atomic E-state index is -5.76. The van der Waals surface area contributed by atoms with Gasteiger partial charge < -0.3 is 9.84 Å². The Morgan fingerprint density at radius 3 is 1.72 bits per heavy atom. The minimum absolute atomic E-state index is 0.0723. The molecule has 0 aromatic heterocycles. The highest BCUT2D eigenvalue weighted by atomic mass is 19.4. The van der Waals surface area contributed by atoms with Crippen LogP contribution < -0.4 is 0 Å². The lowest BCUT2D eigenvalue weighted by Gasteiger charge is -2.40. The van der Waals surface area contributed by atoms with Crippen LogP contribution in [0.25, 0.3) is 0 Å². The molecular weight excluding hydrogens is 266 g/mol. The van der Waals surface area contributed by atoms with E-state index in [0.717, 1.165) is 0 Å². The molecule has 2 fully saturated rings. The van der Waals surface area contributed by atoms with Crippen molar-refractivity contribution in [2.24, 2.45) is 11.8 Å². The van der Waals surface area contributed by atoms with E-state index >= 15 is 0 Å². The van der Waals surface area contributed by atoms with Crippen LogP contribution in [0.15, 0.2) is 0 Å². The first-order chi connectivity index (χ1) is 7.98. The van der Waals surface area contributed by atoms with Gasteiger partial charge in [-0.2, -0.15) is 26.3 Å². The highest BCUT2D eigenvalue weighted by Crippen LogP contribution is 2.56. The summed E-state index contributed by atoms with van der Waals surface area (Å²) in [6, 6.07) is 0. The molecule has 106 valence electrons. The maximum Gasteiger partial charge on any atom is 0.426 e. The number of halogens is 6. The number of hydrogen-bond donors (Lipinski definition) is 1. The van der Waals surface area contributed by atoms with Crippen molar-refractivity contribution in [2.45, 2.75) is 49.9 Å². The Morgan fingerprint density at radius 1 is 0.944 bits per heavy atom.